The van der Waals surface area contributed by atoms with Crippen LogP contribution in [0.3, 0.4) is 0 Å². The molecule has 1 aliphatic rings. The molecule has 0 aromatic carbocycles. The Morgan fingerprint density at radius 1 is 1.44 bits per heavy atom. The summed E-state index contributed by atoms with van der Waals surface area (Å²) in [4.78, 5) is 13.6. The maximum atomic E-state index is 11.7. The van der Waals surface area contributed by atoms with E-state index in [9.17, 15) is 4.79 Å². The molecule has 0 radical (unpaired) electrons. The van der Waals surface area contributed by atoms with Crippen LogP contribution in [0, 0.1) is 0 Å². The van der Waals surface area contributed by atoms with E-state index in [0.717, 1.165) is 25.9 Å². The van der Waals surface area contributed by atoms with E-state index in [1.807, 2.05) is 11.9 Å². The van der Waals surface area contributed by atoms with Gasteiger partial charge in [0.1, 0.15) is 0 Å². The normalized spacial score (nSPS) is 20.8. The molecule has 1 rings (SSSR count). The number of hydrogen-bond acceptors (Lipinski definition) is 4. The molecule has 0 bridgehead atoms. The number of likely N-dealkylation sites (tertiary alicyclic amines) is 1. The van der Waals surface area contributed by atoms with E-state index in [2.05, 4.69) is 5.32 Å². The van der Waals surface area contributed by atoms with Crippen molar-refractivity contribution in [3.8, 4) is 0 Å². The second kappa shape index (κ2) is 7.60. The molecule has 1 aliphatic heterocycles. The predicted octanol–water partition coefficient (Wildman–Crippen LogP) is -0.140. The van der Waals surface area contributed by atoms with Crippen LogP contribution in [0.15, 0.2) is 0 Å². The Balaban J connectivity index is 2.03. The highest BCUT2D eigenvalue weighted by atomic mass is 16.5. The fourth-order valence-corrected chi connectivity index (χ4v) is 1.83. The zero-order valence-electron chi connectivity index (χ0n) is 10.2. The average molecular weight is 230 g/mol. The minimum Gasteiger partial charge on any atom is -0.382 e. The molecule has 0 saturated carbocycles. The molecule has 0 aliphatic carbocycles. The number of carbonyl (C=O) groups excluding carboxylic acids is 1. The molecule has 5 nitrogen and oxygen atoms in total. The minimum absolute atomic E-state index is 0.0226. The van der Waals surface area contributed by atoms with Crippen LogP contribution in [0.4, 0.5) is 0 Å². The van der Waals surface area contributed by atoms with E-state index in [-0.39, 0.29) is 11.9 Å². The second-order valence-corrected chi connectivity index (χ2v) is 3.91. The summed E-state index contributed by atoms with van der Waals surface area (Å²) in [5.74, 6) is 0.222. The zero-order valence-corrected chi connectivity index (χ0v) is 10.2. The van der Waals surface area contributed by atoms with Gasteiger partial charge in [-0.05, 0) is 19.9 Å². The third-order valence-electron chi connectivity index (χ3n) is 2.79. The van der Waals surface area contributed by atoms with Gasteiger partial charge in [-0.15, -0.1) is 0 Å². The molecule has 0 aromatic heterocycles. The van der Waals surface area contributed by atoms with Crippen LogP contribution in [0.2, 0.25) is 0 Å². The largest absolute Gasteiger partial charge is 0.382 e. The topological polar surface area (TPSA) is 50.8 Å². The molecular formula is C11H22N2O3. The Bertz CT molecular complexity index is 211. The van der Waals surface area contributed by atoms with Crippen molar-refractivity contribution in [3.05, 3.63) is 0 Å². The van der Waals surface area contributed by atoms with Crippen LogP contribution >= 0.6 is 0 Å². The van der Waals surface area contributed by atoms with E-state index in [0.29, 0.717) is 19.8 Å². The van der Waals surface area contributed by atoms with Crippen molar-refractivity contribution in [2.24, 2.45) is 0 Å². The molecule has 1 amide bonds. The van der Waals surface area contributed by atoms with Crippen LogP contribution in [0.1, 0.15) is 12.8 Å². The second-order valence-electron chi connectivity index (χ2n) is 3.91. The Kier molecular flexibility index (Phi) is 6.37. The SMILES string of the molecule is CNC1CCN(CCCOCCOC)C1=O. The summed E-state index contributed by atoms with van der Waals surface area (Å²) in [6.45, 7) is 3.61. The summed E-state index contributed by atoms with van der Waals surface area (Å²) in [6.07, 6.45) is 1.81. The molecule has 1 heterocycles. The van der Waals surface area contributed by atoms with E-state index in [1.165, 1.54) is 0 Å². The first kappa shape index (κ1) is 13.4. The van der Waals surface area contributed by atoms with Crippen molar-refractivity contribution in [1.82, 2.24) is 10.2 Å². The number of methoxy groups -OCH3 is 1. The van der Waals surface area contributed by atoms with Gasteiger partial charge >= 0.3 is 0 Å². The summed E-state index contributed by atoms with van der Waals surface area (Å²) in [7, 11) is 3.49. The lowest BCUT2D eigenvalue weighted by Gasteiger charge is -2.16. The molecule has 94 valence electrons. The lowest BCUT2D eigenvalue weighted by molar-refractivity contribution is -0.129. The van der Waals surface area contributed by atoms with Gasteiger partial charge in [-0.2, -0.15) is 0 Å². The highest BCUT2D eigenvalue weighted by Gasteiger charge is 2.29. The van der Waals surface area contributed by atoms with E-state index >= 15 is 0 Å². The fourth-order valence-electron chi connectivity index (χ4n) is 1.83. The van der Waals surface area contributed by atoms with E-state index < -0.39 is 0 Å². The van der Waals surface area contributed by atoms with Crippen molar-refractivity contribution in [3.63, 3.8) is 0 Å². The molecule has 1 atom stereocenters. The van der Waals surface area contributed by atoms with Crippen LogP contribution in [-0.2, 0) is 14.3 Å². The van der Waals surface area contributed by atoms with Crippen LogP contribution in [0.25, 0.3) is 0 Å². The van der Waals surface area contributed by atoms with Gasteiger partial charge in [0.2, 0.25) is 5.91 Å². The number of nitrogens with one attached hydrogen (secondary N) is 1. The summed E-state index contributed by atoms with van der Waals surface area (Å²) < 4.78 is 10.2. The van der Waals surface area contributed by atoms with Gasteiger partial charge in [-0.25, -0.2) is 0 Å². The maximum absolute atomic E-state index is 11.7. The molecule has 0 spiro atoms. The number of ether oxygens (including phenoxy) is 2. The van der Waals surface area contributed by atoms with Gasteiger partial charge in [0.25, 0.3) is 0 Å². The van der Waals surface area contributed by atoms with E-state index in [4.69, 9.17) is 9.47 Å². The van der Waals surface area contributed by atoms with Crippen LogP contribution < -0.4 is 5.32 Å². The Morgan fingerprint density at radius 3 is 2.88 bits per heavy atom. The third kappa shape index (κ3) is 4.08. The molecule has 1 fully saturated rings. The van der Waals surface area contributed by atoms with Gasteiger partial charge in [-0.3, -0.25) is 4.79 Å². The van der Waals surface area contributed by atoms with Crippen molar-refractivity contribution >= 4 is 5.91 Å². The summed E-state index contributed by atoms with van der Waals surface area (Å²) in [5.41, 5.74) is 0. The van der Waals surface area contributed by atoms with Crippen LogP contribution in [-0.4, -0.2) is 63.9 Å². The van der Waals surface area contributed by atoms with Crippen molar-refractivity contribution in [1.29, 1.82) is 0 Å². The standard InChI is InChI=1S/C11H22N2O3/c1-12-10-4-6-13(11(10)14)5-3-7-16-9-8-15-2/h10,12H,3-9H2,1-2H3. The molecule has 1 N–H and O–H groups in total. The van der Waals surface area contributed by atoms with Crippen LogP contribution in [0.5, 0.6) is 0 Å². The number of likely N-dealkylation sites (N-methyl/N-ethyl adjacent to an activating group) is 1. The van der Waals surface area contributed by atoms with E-state index in [1.54, 1.807) is 7.11 Å². The lowest BCUT2D eigenvalue weighted by Crippen LogP contribution is -2.36. The van der Waals surface area contributed by atoms with Crippen molar-refractivity contribution in [2.45, 2.75) is 18.9 Å². The molecule has 1 unspecified atom stereocenters. The number of nitrogens with zero attached hydrogens (tertiary/aromatic N) is 1. The number of carbonyl (C=O) groups is 1. The highest BCUT2D eigenvalue weighted by Crippen LogP contribution is 2.10. The summed E-state index contributed by atoms with van der Waals surface area (Å²) in [6, 6.07) is 0.0226. The molecule has 16 heavy (non-hydrogen) atoms. The monoisotopic (exact) mass is 230 g/mol. The van der Waals surface area contributed by atoms with Gasteiger partial charge in [0.15, 0.2) is 0 Å². The first-order valence-electron chi connectivity index (χ1n) is 5.82. The van der Waals surface area contributed by atoms with Gasteiger partial charge in [0, 0.05) is 26.8 Å². The maximum Gasteiger partial charge on any atom is 0.239 e. The summed E-state index contributed by atoms with van der Waals surface area (Å²) in [5, 5.41) is 3.02. The zero-order chi connectivity index (χ0) is 11.8. The molecule has 1 saturated heterocycles. The summed E-state index contributed by atoms with van der Waals surface area (Å²) >= 11 is 0. The molecule has 5 heteroatoms. The smallest absolute Gasteiger partial charge is 0.239 e. The highest BCUT2D eigenvalue weighted by molar-refractivity contribution is 5.83. The Labute approximate surface area is 97.1 Å². The van der Waals surface area contributed by atoms with Crippen molar-refractivity contribution < 1.29 is 14.3 Å². The predicted molar refractivity (Wildman–Crippen MR) is 61.4 cm³/mol. The quantitative estimate of drug-likeness (QED) is 0.590. The number of rotatable bonds is 8. The Hall–Kier alpha value is -0.650. The Morgan fingerprint density at radius 2 is 2.25 bits per heavy atom. The lowest BCUT2D eigenvalue weighted by atomic mass is 10.3. The number of amides is 1. The molecular weight excluding hydrogens is 208 g/mol. The fraction of sp³-hybridized carbons (Fsp3) is 0.909. The first-order chi connectivity index (χ1) is 7.79. The first-order valence-corrected chi connectivity index (χ1v) is 5.82. The minimum atomic E-state index is 0.0226. The number of hydrogen-bond donors (Lipinski definition) is 1. The van der Waals surface area contributed by atoms with Crippen molar-refractivity contribution in [2.75, 3.05) is 47.1 Å². The third-order valence-corrected chi connectivity index (χ3v) is 2.79. The van der Waals surface area contributed by atoms with Gasteiger partial charge in [0.05, 0.1) is 19.3 Å². The van der Waals surface area contributed by atoms with Gasteiger partial charge < -0.3 is 19.7 Å². The van der Waals surface area contributed by atoms with Gasteiger partial charge in [-0.1, -0.05) is 0 Å². The average Bonchev–Trinajstić information content (AvgIpc) is 2.65. The molecule has 0 aromatic rings.